The van der Waals surface area contributed by atoms with Gasteiger partial charge in [-0.1, -0.05) is 25.5 Å². The van der Waals surface area contributed by atoms with Crippen LogP contribution in [-0.4, -0.2) is 51.5 Å². The smallest absolute Gasteiger partial charge is 0.333 e. The van der Waals surface area contributed by atoms with Crippen molar-refractivity contribution in [2.45, 2.75) is 103 Å². The Morgan fingerprint density at radius 2 is 1.82 bits per heavy atom. The predicted octanol–water partition coefficient (Wildman–Crippen LogP) is 3.50. The zero-order valence-electron chi connectivity index (χ0n) is 21.0. The number of aliphatic hydroxyl groups excluding tert-OH is 1. The van der Waals surface area contributed by atoms with E-state index in [0.29, 0.717) is 24.8 Å². The van der Waals surface area contributed by atoms with Crippen molar-refractivity contribution in [3.05, 3.63) is 23.3 Å². The molecule has 6 nitrogen and oxygen atoms in total. The number of epoxide rings is 1. The number of cyclic esters (lactones) is 1. The molecule has 6 rings (SSSR count). The van der Waals surface area contributed by atoms with Gasteiger partial charge in [-0.3, -0.25) is 4.79 Å². The molecule has 6 aliphatic rings. The second kappa shape index (κ2) is 6.83. The molecule has 0 unspecified atom stereocenters. The number of hydrogen-bond acceptors (Lipinski definition) is 6. The Bertz CT molecular complexity index is 1030. The van der Waals surface area contributed by atoms with Gasteiger partial charge in [-0.2, -0.15) is 0 Å². The molecule has 0 bridgehead atoms. The third-order valence-corrected chi connectivity index (χ3v) is 11.8. The van der Waals surface area contributed by atoms with E-state index < -0.39 is 28.1 Å². The summed E-state index contributed by atoms with van der Waals surface area (Å²) in [5.41, 5.74) is -0.916. The van der Waals surface area contributed by atoms with Crippen molar-refractivity contribution in [1.29, 1.82) is 0 Å². The second-order valence-corrected chi connectivity index (χ2v) is 12.6. The number of carbonyl (C=O) groups is 2. The molecule has 0 aromatic rings. The van der Waals surface area contributed by atoms with E-state index in [1.807, 2.05) is 19.9 Å². The zero-order chi connectivity index (χ0) is 24.4. The van der Waals surface area contributed by atoms with Crippen molar-refractivity contribution >= 4 is 11.8 Å². The lowest BCUT2D eigenvalue weighted by molar-refractivity contribution is -0.195. The Balaban J connectivity index is 1.34. The molecule has 34 heavy (non-hydrogen) atoms. The molecule has 3 saturated carbocycles. The highest BCUT2D eigenvalue weighted by Gasteiger charge is 2.81. The number of hydrogen-bond donors (Lipinski definition) is 2. The summed E-state index contributed by atoms with van der Waals surface area (Å²) in [4.78, 5) is 25.7. The highest BCUT2D eigenvalue weighted by Crippen LogP contribution is 2.73. The van der Waals surface area contributed by atoms with Crippen molar-refractivity contribution in [2.75, 3.05) is 0 Å². The number of fused-ring (bicyclic) bond motifs is 4. The van der Waals surface area contributed by atoms with E-state index in [-0.39, 0.29) is 47.6 Å². The van der Waals surface area contributed by atoms with Crippen LogP contribution in [0.4, 0.5) is 0 Å². The standard InChI is InChI=1S/C28H38O6/c1-14-13-19(33-24(31)15(14)2)16(3)27(32)12-9-17-21-18(8-11-25(17,27)4)26(5)20(29)7-6-10-28(26)23(34-28)22(21)30/h6-7,16-19,21-23,30,32H,8-13H2,1-5H3/t16-,17+,18+,19-,21+,22+,23-,25+,26+,27+,28-/m1/s1. The van der Waals surface area contributed by atoms with Crippen molar-refractivity contribution < 1.29 is 29.3 Å². The summed E-state index contributed by atoms with van der Waals surface area (Å²) < 4.78 is 12.0. The number of rotatable bonds is 2. The average molecular weight is 471 g/mol. The molecule has 4 fully saturated rings. The molecule has 186 valence electrons. The third-order valence-electron chi connectivity index (χ3n) is 11.8. The van der Waals surface area contributed by atoms with Crippen LogP contribution in [0.25, 0.3) is 0 Å². The molecule has 6 heteroatoms. The number of ketones is 1. The molecule has 4 aliphatic carbocycles. The first-order chi connectivity index (χ1) is 15.9. The van der Waals surface area contributed by atoms with Crippen LogP contribution in [0.1, 0.15) is 73.1 Å². The van der Waals surface area contributed by atoms with E-state index in [1.54, 1.807) is 13.0 Å². The van der Waals surface area contributed by atoms with E-state index in [2.05, 4.69) is 13.8 Å². The molecular formula is C28H38O6. The normalized spacial score (nSPS) is 54.6. The third kappa shape index (κ3) is 2.43. The molecule has 2 N–H and O–H groups in total. The van der Waals surface area contributed by atoms with E-state index >= 15 is 0 Å². The van der Waals surface area contributed by atoms with Gasteiger partial charge >= 0.3 is 5.97 Å². The quantitative estimate of drug-likeness (QED) is 0.474. The van der Waals surface area contributed by atoms with Gasteiger partial charge in [0.15, 0.2) is 5.78 Å². The molecule has 0 radical (unpaired) electrons. The van der Waals surface area contributed by atoms with E-state index in [1.165, 1.54) is 0 Å². The highest BCUT2D eigenvalue weighted by atomic mass is 16.6. The first-order valence-electron chi connectivity index (χ1n) is 13.1. The summed E-state index contributed by atoms with van der Waals surface area (Å²) in [6.07, 6.45) is 6.64. The van der Waals surface area contributed by atoms with Crippen LogP contribution >= 0.6 is 0 Å². The van der Waals surface area contributed by atoms with Crippen LogP contribution < -0.4 is 0 Å². The van der Waals surface area contributed by atoms with Crippen LogP contribution in [0.3, 0.4) is 0 Å². The van der Waals surface area contributed by atoms with Crippen molar-refractivity contribution in [1.82, 2.24) is 0 Å². The van der Waals surface area contributed by atoms with Crippen LogP contribution in [-0.2, 0) is 19.1 Å². The number of ether oxygens (including phenoxy) is 2. The maximum Gasteiger partial charge on any atom is 0.333 e. The molecule has 0 amide bonds. The maximum atomic E-state index is 13.3. The van der Waals surface area contributed by atoms with E-state index in [9.17, 15) is 19.8 Å². The minimum Gasteiger partial charge on any atom is -0.458 e. The Morgan fingerprint density at radius 1 is 1.12 bits per heavy atom. The Labute approximate surface area is 201 Å². The minimum absolute atomic E-state index is 0.0368. The number of esters is 1. The van der Waals surface area contributed by atoms with Crippen LogP contribution in [0.2, 0.25) is 0 Å². The topological polar surface area (TPSA) is 96.4 Å². The summed E-state index contributed by atoms with van der Waals surface area (Å²) in [6, 6.07) is 0. The summed E-state index contributed by atoms with van der Waals surface area (Å²) >= 11 is 0. The van der Waals surface area contributed by atoms with Crippen LogP contribution in [0.15, 0.2) is 23.3 Å². The average Bonchev–Trinajstić information content (AvgIpc) is 3.47. The lowest BCUT2D eigenvalue weighted by atomic mass is 9.43. The van der Waals surface area contributed by atoms with Crippen molar-refractivity contribution in [3.63, 3.8) is 0 Å². The van der Waals surface area contributed by atoms with Crippen molar-refractivity contribution in [3.8, 4) is 0 Å². The van der Waals surface area contributed by atoms with Gasteiger partial charge in [-0.15, -0.1) is 0 Å². The predicted molar refractivity (Wildman–Crippen MR) is 125 cm³/mol. The second-order valence-electron chi connectivity index (χ2n) is 12.6. The molecule has 1 spiro atoms. The highest BCUT2D eigenvalue weighted by molar-refractivity contribution is 5.98. The first-order valence-corrected chi connectivity index (χ1v) is 13.1. The molecular weight excluding hydrogens is 432 g/mol. The number of carbonyl (C=O) groups excluding carboxylic acids is 2. The Morgan fingerprint density at radius 3 is 2.53 bits per heavy atom. The van der Waals surface area contributed by atoms with Crippen molar-refractivity contribution in [2.24, 2.45) is 34.5 Å². The first kappa shape index (κ1) is 22.9. The SMILES string of the molecule is CC1=C(C)C(=O)O[C@@H]([C@@H](C)[C@@]2(O)CC[C@H]3[C@@H]4[C@H](O)[C@H]5O[C@]56CC=CC(=O)[C@]6(C)[C@H]4CC[C@@]32C)C1. The zero-order valence-corrected chi connectivity index (χ0v) is 21.0. The fraction of sp³-hybridized carbons (Fsp3) is 0.786. The largest absolute Gasteiger partial charge is 0.458 e. The summed E-state index contributed by atoms with van der Waals surface area (Å²) in [7, 11) is 0. The molecule has 1 saturated heterocycles. The van der Waals surface area contributed by atoms with Gasteiger partial charge in [-0.25, -0.2) is 4.79 Å². The molecule has 2 aliphatic heterocycles. The summed E-state index contributed by atoms with van der Waals surface area (Å²) in [5.74, 6) is -0.343. The lowest BCUT2D eigenvalue weighted by Gasteiger charge is -2.60. The molecule has 2 heterocycles. The minimum atomic E-state index is -1.00. The van der Waals surface area contributed by atoms with Crippen LogP contribution in [0.5, 0.6) is 0 Å². The number of allylic oxidation sites excluding steroid dienone is 1. The number of aliphatic hydroxyl groups is 2. The van der Waals surface area contributed by atoms with E-state index in [4.69, 9.17) is 9.47 Å². The lowest BCUT2D eigenvalue weighted by Crippen LogP contribution is -2.66. The Kier molecular flexibility index (Phi) is 4.61. The van der Waals surface area contributed by atoms with Gasteiger partial charge < -0.3 is 19.7 Å². The van der Waals surface area contributed by atoms with Gasteiger partial charge in [0.05, 0.1) is 17.1 Å². The van der Waals surface area contributed by atoms with Gasteiger partial charge in [0.25, 0.3) is 0 Å². The van der Waals surface area contributed by atoms with Gasteiger partial charge in [0, 0.05) is 17.9 Å². The fourth-order valence-electron chi connectivity index (χ4n) is 9.38. The molecule has 0 aromatic carbocycles. The molecule has 11 atom stereocenters. The van der Waals surface area contributed by atoms with Gasteiger partial charge in [-0.05, 0) is 82.1 Å². The summed E-state index contributed by atoms with van der Waals surface area (Å²) in [5, 5.41) is 23.9. The maximum absolute atomic E-state index is 13.3. The molecule has 0 aromatic heterocycles. The monoisotopic (exact) mass is 470 g/mol. The van der Waals surface area contributed by atoms with E-state index in [0.717, 1.165) is 24.8 Å². The summed E-state index contributed by atoms with van der Waals surface area (Å²) in [6.45, 7) is 10.0. The van der Waals surface area contributed by atoms with Crippen LogP contribution in [0, 0.1) is 34.5 Å². The van der Waals surface area contributed by atoms with Gasteiger partial charge in [0.1, 0.15) is 17.8 Å². The van der Waals surface area contributed by atoms with Gasteiger partial charge in [0.2, 0.25) is 0 Å². The fourth-order valence-corrected chi connectivity index (χ4v) is 9.38. The Hall–Kier alpha value is -1.50.